The predicted molar refractivity (Wildman–Crippen MR) is 104 cm³/mol. The van der Waals surface area contributed by atoms with Crippen molar-refractivity contribution in [1.29, 1.82) is 0 Å². The number of methoxy groups -OCH3 is 2. The van der Waals surface area contributed by atoms with Gasteiger partial charge in [0.25, 0.3) is 0 Å². The molecule has 0 radical (unpaired) electrons. The first-order valence-electron chi connectivity index (χ1n) is 9.16. The van der Waals surface area contributed by atoms with Crippen LogP contribution in [0.25, 0.3) is 0 Å². The maximum absolute atomic E-state index is 12.7. The van der Waals surface area contributed by atoms with E-state index < -0.39 is 17.9 Å². The van der Waals surface area contributed by atoms with E-state index in [1.54, 1.807) is 13.2 Å². The third kappa shape index (κ3) is 6.22. The van der Waals surface area contributed by atoms with Gasteiger partial charge < -0.3 is 24.2 Å². The lowest BCUT2D eigenvalue weighted by atomic mass is 9.90. The molecule has 1 atom stereocenters. The summed E-state index contributed by atoms with van der Waals surface area (Å²) in [4.78, 5) is 26.3. The summed E-state index contributed by atoms with van der Waals surface area (Å²) in [6.07, 6.45) is 1.05. The summed E-state index contributed by atoms with van der Waals surface area (Å²) >= 11 is 0. The predicted octanol–water partition coefficient (Wildman–Crippen LogP) is 2.71. The molecule has 7 nitrogen and oxygen atoms in total. The second-order valence-corrected chi connectivity index (χ2v) is 6.26. The van der Waals surface area contributed by atoms with Crippen LogP contribution in [0.4, 0.5) is 5.69 Å². The van der Waals surface area contributed by atoms with Gasteiger partial charge in [-0.2, -0.15) is 0 Å². The van der Waals surface area contributed by atoms with E-state index in [2.05, 4.69) is 0 Å². The Morgan fingerprint density at radius 1 is 1.11 bits per heavy atom. The van der Waals surface area contributed by atoms with Crippen molar-refractivity contribution in [2.45, 2.75) is 32.6 Å². The van der Waals surface area contributed by atoms with Crippen LogP contribution in [0, 0.1) is 0 Å². The van der Waals surface area contributed by atoms with Crippen molar-refractivity contribution in [2.24, 2.45) is 0 Å². The van der Waals surface area contributed by atoms with Crippen LogP contribution in [-0.2, 0) is 25.4 Å². The minimum atomic E-state index is -0.911. The third-order valence-electron chi connectivity index (χ3n) is 4.49. The molecule has 7 heteroatoms. The summed E-state index contributed by atoms with van der Waals surface area (Å²) in [5.41, 5.74) is 2.66. The van der Waals surface area contributed by atoms with Crippen molar-refractivity contribution in [3.63, 3.8) is 0 Å². The molecular formula is C20H31NO6. The molecular weight excluding hydrogens is 350 g/mol. The van der Waals surface area contributed by atoms with Crippen LogP contribution in [0.5, 0.6) is 0 Å². The van der Waals surface area contributed by atoms with Crippen LogP contribution in [0.2, 0.25) is 0 Å². The number of rotatable bonds is 12. The van der Waals surface area contributed by atoms with Crippen molar-refractivity contribution in [1.82, 2.24) is 0 Å². The Hall–Kier alpha value is -2.12. The average Bonchev–Trinajstić information content (AvgIpc) is 2.65. The molecule has 0 aromatic heterocycles. The van der Waals surface area contributed by atoms with Crippen molar-refractivity contribution < 1.29 is 28.9 Å². The maximum atomic E-state index is 12.7. The fraction of sp³-hybridized carbons (Fsp3) is 0.600. The molecule has 0 saturated heterocycles. The van der Waals surface area contributed by atoms with Crippen molar-refractivity contribution >= 4 is 17.6 Å². The molecule has 0 aliphatic rings. The van der Waals surface area contributed by atoms with E-state index in [4.69, 9.17) is 14.2 Å². The van der Waals surface area contributed by atoms with Crippen molar-refractivity contribution in [2.75, 3.05) is 52.5 Å². The molecule has 1 aromatic rings. The highest BCUT2D eigenvalue weighted by atomic mass is 16.6. The van der Waals surface area contributed by atoms with Crippen LogP contribution in [-0.4, -0.2) is 64.7 Å². The van der Waals surface area contributed by atoms with Crippen LogP contribution in [0.1, 0.15) is 47.7 Å². The number of ether oxygens (including phenoxy) is 3. The quantitative estimate of drug-likeness (QED) is 0.440. The van der Waals surface area contributed by atoms with Crippen LogP contribution in [0.3, 0.4) is 0 Å². The summed E-state index contributed by atoms with van der Waals surface area (Å²) in [6, 6.07) is 3.52. The molecule has 0 saturated carbocycles. The number of anilines is 1. The van der Waals surface area contributed by atoms with Gasteiger partial charge in [0.2, 0.25) is 0 Å². The number of hydrogen-bond donors (Lipinski definition) is 1. The van der Waals surface area contributed by atoms with Gasteiger partial charge >= 0.3 is 11.9 Å². The number of likely N-dealkylation sites (N-methyl/N-ethyl adjacent to an activating group) is 1. The summed E-state index contributed by atoms with van der Waals surface area (Å²) in [7, 11) is 5.06. The van der Waals surface area contributed by atoms with Gasteiger partial charge in [0.1, 0.15) is 6.61 Å². The highest BCUT2D eigenvalue weighted by Gasteiger charge is 2.24. The minimum Gasteiger partial charge on any atom is -0.481 e. The summed E-state index contributed by atoms with van der Waals surface area (Å²) in [6.45, 7) is 5.37. The first-order chi connectivity index (χ1) is 12.9. The largest absolute Gasteiger partial charge is 0.481 e. The molecule has 1 unspecified atom stereocenters. The Bertz CT molecular complexity index is 631. The van der Waals surface area contributed by atoms with E-state index in [0.29, 0.717) is 43.7 Å². The number of hydrogen-bond acceptors (Lipinski definition) is 6. The number of carbonyl (C=O) groups is 2. The van der Waals surface area contributed by atoms with Gasteiger partial charge in [-0.3, -0.25) is 4.79 Å². The first-order valence-corrected chi connectivity index (χ1v) is 9.16. The first kappa shape index (κ1) is 22.9. The standard InChI is InChI=1S/C20H31NO6/c1-6-15(19(22)23)14-12-17(20(24)27-11-10-26-5)16(7-2)18(13-14)21(3)8-9-25-4/h12-13,15H,6-11H2,1-5H3,(H,22,23). The van der Waals surface area contributed by atoms with Gasteiger partial charge in [-0.1, -0.05) is 13.8 Å². The fourth-order valence-corrected chi connectivity index (χ4v) is 2.97. The molecule has 0 bridgehead atoms. The van der Waals surface area contributed by atoms with Crippen molar-refractivity contribution in [3.8, 4) is 0 Å². The smallest absolute Gasteiger partial charge is 0.338 e. The number of benzene rings is 1. The maximum Gasteiger partial charge on any atom is 0.338 e. The zero-order valence-corrected chi connectivity index (χ0v) is 16.9. The second-order valence-electron chi connectivity index (χ2n) is 6.26. The third-order valence-corrected chi connectivity index (χ3v) is 4.49. The molecule has 0 heterocycles. The van der Waals surface area contributed by atoms with Gasteiger partial charge in [-0.25, -0.2) is 4.79 Å². The summed E-state index contributed by atoms with van der Waals surface area (Å²) in [5, 5.41) is 9.56. The van der Waals surface area contributed by atoms with Gasteiger partial charge in [0, 0.05) is 33.5 Å². The Morgan fingerprint density at radius 3 is 2.30 bits per heavy atom. The monoisotopic (exact) mass is 381 g/mol. The van der Waals surface area contributed by atoms with E-state index in [0.717, 1.165) is 11.3 Å². The number of esters is 1. The van der Waals surface area contributed by atoms with E-state index in [-0.39, 0.29) is 6.61 Å². The highest BCUT2D eigenvalue weighted by Crippen LogP contribution is 2.31. The number of carbonyl (C=O) groups excluding carboxylic acids is 1. The molecule has 0 fully saturated rings. The number of carboxylic acid groups (broad SMARTS) is 1. The minimum absolute atomic E-state index is 0.147. The van der Waals surface area contributed by atoms with Crippen molar-refractivity contribution in [3.05, 3.63) is 28.8 Å². The van der Waals surface area contributed by atoms with Gasteiger partial charge in [-0.15, -0.1) is 0 Å². The van der Waals surface area contributed by atoms with Crippen LogP contribution in [0.15, 0.2) is 12.1 Å². The Labute approximate surface area is 161 Å². The molecule has 0 aliphatic heterocycles. The lowest BCUT2D eigenvalue weighted by Gasteiger charge is -2.25. The number of aliphatic carboxylic acids is 1. The molecule has 1 N–H and O–H groups in total. The Morgan fingerprint density at radius 2 is 1.78 bits per heavy atom. The fourth-order valence-electron chi connectivity index (χ4n) is 2.97. The topological polar surface area (TPSA) is 85.3 Å². The van der Waals surface area contributed by atoms with E-state index in [9.17, 15) is 14.7 Å². The number of nitrogens with zero attached hydrogens (tertiary/aromatic N) is 1. The molecule has 0 amide bonds. The second kappa shape index (κ2) is 11.6. The zero-order valence-electron chi connectivity index (χ0n) is 16.9. The van der Waals surface area contributed by atoms with Gasteiger partial charge in [-0.05, 0) is 36.1 Å². The lowest BCUT2D eigenvalue weighted by Crippen LogP contribution is -2.25. The Kier molecular flexibility index (Phi) is 9.82. The van der Waals surface area contributed by atoms with E-state index in [1.807, 2.05) is 31.9 Å². The molecule has 1 rings (SSSR count). The highest BCUT2D eigenvalue weighted by molar-refractivity contribution is 5.94. The normalized spacial score (nSPS) is 11.9. The van der Waals surface area contributed by atoms with Crippen LogP contribution < -0.4 is 4.90 Å². The molecule has 0 spiro atoms. The number of carboxylic acids is 1. The van der Waals surface area contributed by atoms with E-state index in [1.165, 1.54) is 7.11 Å². The van der Waals surface area contributed by atoms with Gasteiger partial charge in [0.15, 0.2) is 0 Å². The lowest BCUT2D eigenvalue weighted by molar-refractivity contribution is -0.138. The SMILES string of the molecule is CCc1c(C(=O)OCCOC)cc(C(CC)C(=O)O)cc1N(C)CCOC. The summed E-state index contributed by atoms with van der Waals surface area (Å²) in [5.74, 6) is -2.06. The summed E-state index contributed by atoms with van der Waals surface area (Å²) < 4.78 is 15.4. The molecule has 152 valence electrons. The molecule has 1 aromatic carbocycles. The Balaban J connectivity index is 3.43. The van der Waals surface area contributed by atoms with Crippen LogP contribution >= 0.6 is 0 Å². The molecule has 0 aliphatic carbocycles. The average molecular weight is 381 g/mol. The molecule has 27 heavy (non-hydrogen) atoms. The van der Waals surface area contributed by atoms with E-state index >= 15 is 0 Å². The van der Waals surface area contributed by atoms with Gasteiger partial charge in [0.05, 0.1) is 24.7 Å². The zero-order chi connectivity index (χ0) is 20.4.